The van der Waals surface area contributed by atoms with E-state index < -0.39 is 0 Å². The molecule has 1 aliphatic rings. The third-order valence-corrected chi connectivity index (χ3v) is 3.71. The summed E-state index contributed by atoms with van der Waals surface area (Å²) in [5.74, 6) is 7.38. The van der Waals surface area contributed by atoms with E-state index in [0.717, 1.165) is 30.5 Å². The molecule has 106 valence electrons. The van der Waals surface area contributed by atoms with E-state index in [1.807, 2.05) is 13.0 Å². The van der Waals surface area contributed by atoms with Crippen LogP contribution in [0.15, 0.2) is 6.07 Å². The zero-order chi connectivity index (χ0) is 13.7. The van der Waals surface area contributed by atoms with Gasteiger partial charge in [0, 0.05) is 18.3 Å². The standard InChI is InChI=1S/C13H24N6/c1-3-19-6-4-11(5-7-19)9-15-12-8-10(2)16-13(17-12)18-14/h8,11H,3-7,9,14H2,1-2H3,(H2,15,16,17,18). The minimum absolute atomic E-state index is 0.461. The minimum Gasteiger partial charge on any atom is -0.370 e. The van der Waals surface area contributed by atoms with Crippen molar-refractivity contribution in [3.8, 4) is 0 Å². The minimum atomic E-state index is 0.461. The number of hydrogen-bond acceptors (Lipinski definition) is 6. The van der Waals surface area contributed by atoms with Gasteiger partial charge in [-0.3, -0.25) is 5.43 Å². The van der Waals surface area contributed by atoms with Gasteiger partial charge in [-0.15, -0.1) is 0 Å². The molecule has 1 aromatic heterocycles. The first kappa shape index (κ1) is 14.0. The van der Waals surface area contributed by atoms with Crippen LogP contribution in [0.3, 0.4) is 0 Å². The molecule has 0 aromatic carbocycles. The number of nitrogens with zero attached hydrogens (tertiary/aromatic N) is 3. The van der Waals surface area contributed by atoms with Gasteiger partial charge in [-0.25, -0.2) is 10.8 Å². The van der Waals surface area contributed by atoms with E-state index in [1.165, 1.54) is 25.9 Å². The van der Waals surface area contributed by atoms with Crippen molar-refractivity contribution in [3.05, 3.63) is 11.8 Å². The number of anilines is 2. The maximum atomic E-state index is 5.35. The number of rotatable bonds is 5. The van der Waals surface area contributed by atoms with E-state index in [-0.39, 0.29) is 0 Å². The van der Waals surface area contributed by atoms with Crippen molar-refractivity contribution >= 4 is 11.8 Å². The Labute approximate surface area is 114 Å². The molecule has 1 aromatic rings. The highest BCUT2D eigenvalue weighted by molar-refractivity contribution is 5.41. The van der Waals surface area contributed by atoms with Crippen LogP contribution in [-0.2, 0) is 0 Å². The molecule has 0 saturated carbocycles. The van der Waals surface area contributed by atoms with E-state index in [0.29, 0.717) is 5.95 Å². The lowest BCUT2D eigenvalue weighted by Crippen LogP contribution is -2.35. The summed E-state index contributed by atoms with van der Waals surface area (Å²) in [4.78, 5) is 11.0. The SMILES string of the molecule is CCN1CCC(CNc2cc(C)nc(NN)n2)CC1. The monoisotopic (exact) mass is 264 g/mol. The third kappa shape index (κ3) is 4.04. The Balaban J connectivity index is 1.84. The summed E-state index contributed by atoms with van der Waals surface area (Å²) in [6.07, 6.45) is 2.51. The quantitative estimate of drug-likeness (QED) is 0.548. The second kappa shape index (κ2) is 6.68. The van der Waals surface area contributed by atoms with Gasteiger partial charge in [-0.2, -0.15) is 4.98 Å². The van der Waals surface area contributed by atoms with E-state index in [1.54, 1.807) is 0 Å². The van der Waals surface area contributed by atoms with Crippen molar-refractivity contribution < 1.29 is 0 Å². The van der Waals surface area contributed by atoms with Crippen molar-refractivity contribution in [2.75, 3.05) is 36.9 Å². The topological polar surface area (TPSA) is 79.1 Å². The molecule has 1 fully saturated rings. The Bertz CT molecular complexity index is 400. The summed E-state index contributed by atoms with van der Waals surface area (Å²) in [6.45, 7) is 8.72. The Kier molecular flexibility index (Phi) is 4.93. The predicted molar refractivity (Wildman–Crippen MR) is 77.9 cm³/mol. The second-order valence-corrected chi connectivity index (χ2v) is 5.12. The number of nitrogen functional groups attached to an aromatic ring is 1. The Hall–Kier alpha value is -1.40. The fourth-order valence-corrected chi connectivity index (χ4v) is 2.48. The molecule has 0 unspecified atom stereocenters. The summed E-state index contributed by atoms with van der Waals surface area (Å²) in [5, 5.41) is 3.40. The molecule has 0 spiro atoms. The van der Waals surface area contributed by atoms with Crippen LogP contribution in [-0.4, -0.2) is 41.0 Å². The molecule has 6 heteroatoms. The van der Waals surface area contributed by atoms with Crippen molar-refractivity contribution in [1.29, 1.82) is 0 Å². The van der Waals surface area contributed by atoms with Crippen LogP contribution in [0.2, 0.25) is 0 Å². The van der Waals surface area contributed by atoms with Gasteiger partial charge in [-0.1, -0.05) is 6.92 Å². The van der Waals surface area contributed by atoms with Crippen LogP contribution in [0, 0.1) is 12.8 Å². The highest BCUT2D eigenvalue weighted by atomic mass is 15.3. The summed E-state index contributed by atoms with van der Waals surface area (Å²) in [5.41, 5.74) is 3.40. The summed E-state index contributed by atoms with van der Waals surface area (Å²) in [7, 11) is 0. The molecule has 1 saturated heterocycles. The van der Waals surface area contributed by atoms with Crippen LogP contribution in [0.5, 0.6) is 0 Å². The van der Waals surface area contributed by atoms with Crippen LogP contribution in [0.1, 0.15) is 25.5 Å². The van der Waals surface area contributed by atoms with Crippen molar-refractivity contribution in [3.63, 3.8) is 0 Å². The fraction of sp³-hybridized carbons (Fsp3) is 0.692. The molecule has 1 aliphatic heterocycles. The number of hydrogen-bond donors (Lipinski definition) is 3. The summed E-state index contributed by atoms with van der Waals surface area (Å²) >= 11 is 0. The fourth-order valence-electron chi connectivity index (χ4n) is 2.48. The Morgan fingerprint density at radius 2 is 2.11 bits per heavy atom. The van der Waals surface area contributed by atoms with E-state index in [2.05, 4.69) is 32.5 Å². The third-order valence-electron chi connectivity index (χ3n) is 3.71. The Morgan fingerprint density at radius 1 is 1.37 bits per heavy atom. The Morgan fingerprint density at radius 3 is 2.74 bits per heavy atom. The number of aromatic nitrogens is 2. The van der Waals surface area contributed by atoms with Gasteiger partial charge in [0.1, 0.15) is 5.82 Å². The highest BCUT2D eigenvalue weighted by Gasteiger charge is 2.17. The average Bonchev–Trinajstić information content (AvgIpc) is 2.45. The lowest BCUT2D eigenvalue weighted by molar-refractivity contribution is 0.198. The molecule has 0 bridgehead atoms. The molecule has 0 atom stereocenters. The first-order valence-electron chi connectivity index (χ1n) is 6.99. The predicted octanol–water partition coefficient (Wildman–Crippen LogP) is 1.21. The van der Waals surface area contributed by atoms with Gasteiger partial charge >= 0.3 is 0 Å². The summed E-state index contributed by atoms with van der Waals surface area (Å²) < 4.78 is 0. The lowest BCUT2D eigenvalue weighted by atomic mass is 9.97. The number of likely N-dealkylation sites (tertiary alicyclic amines) is 1. The summed E-state index contributed by atoms with van der Waals surface area (Å²) in [6, 6.07) is 1.95. The van der Waals surface area contributed by atoms with Crippen molar-refractivity contribution in [1.82, 2.24) is 14.9 Å². The molecule has 2 rings (SSSR count). The zero-order valence-corrected chi connectivity index (χ0v) is 11.8. The molecular formula is C13H24N6. The van der Waals surface area contributed by atoms with Crippen molar-refractivity contribution in [2.45, 2.75) is 26.7 Å². The number of nitrogens with one attached hydrogen (secondary N) is 2. The molecule has 0 radical (unpaired) electrons. The lowest BCUT2D eigenvalue weighted by Gasteiger charge is -2.31. The van der Waals surface area contributed by atoms with Crippen LogP contribution < -0.4 is 16.6 Å². The van der Waals surface area contributed by atoms with Gasteiger partial charge < -0.3 is 10.2 Å². The molecule has 19 heavy (non-hydrogen) atoms. The van der Waals surface area contributed by atoms with Gasteiger partial charge in [0.25, 0.3) is 0 Å². The normalized spacial score (nSPS) is 17.4. The largest absolute Gasteiger partial charge is 0.370 e. The smallest absolute Gasteiger partial charge is 0.239 e. The number of hydrazine groups is 1. The number of nitrogens with two attached hydrogens (primary N) is 1. The maximum Gasteiger partial charge on any atom is 0.239 e. The zero-order valence-electron chi connectivity index (χ0n) is 11.8. The molecule has 4 N–H and O–H groups in total. The molecular weight excluding hydrogens is 240 g/mol. The first-order chi connectivity index (χ1) is 9.21. The van der Waals surface area contributed by atoms with Crippen LogP contribution in [0.4, 0.5) is 11.8 Å². The van der Waals surface area contributed by atoms with E-state index >= 15 is 0 Å². The van der Waals surface area contributed by atoms with Crippen LogP contribution >= 0.6 is 0 Å². The number of piperidine rings is 1. The average molecular weight is 264 g/mol. The second-order valence-electron chi connectivity index (χ2n) is 5.12. The van der Waals surface area contributed by atoms with Crippen LogP contribution in [0.25, 0.3) is 0 Å². The van der Waals surface area contributed by atoms with Gasteiger partial charge in [-0.05, 0) is 45.3 Å². The molecule has 0 aliphatic carbocycles. The van der Waals surface area contributed by atoms with Crippen molar-refractivity contribution in [2.24, 2.45) is 11.8 Å². The van der Waals surface area contributed by atoms with E-state index in [9.17, 15) is 0 Å². The first-order valence-corrected chi connectivity index (χ1v) is 6.99. The maximum absolute atomic E-state index is 5.35. The van der Waals surface area contributed by atoms with E-state index in [4.69, 9.17) is 5.84 Å². The molecule has 2 heterocycles. The van der Waals surface area contributed by atoms with Gasteiger partial charge in [0.05, 0.1) is 0 Å². The van der Waals surface area contributed by atoms with Gasteiger partial charge in [0.2, 0.25) is 5.95 Å². The van der Waals surface area contributed by atoms with Gasteiger partial charge in [0.15, 0.2) is 0 Å². The highest BCUT2D eigenvalue weighted by Crippen LogP contribution is 2.18. The molecule has 0 amide bonds. The molecule has 6 nitrogen and oxygen atoms in total. The number of aryl methyl sites for hydroxylation is 1.